The van der Waals surface area contributed by atoms with Gasteiger partial charge < -0.3 is 9.30 Å². The van der Waals surface area contributed by atoms with Gasteiger partial charge in [0.2, 0.25) is 0 Å². The first-order valence-corrected chi connectivity index (χ1v) is 9.36. The number of amides is 2. The lowest BCUT2D eigenvalue weighted by molar-refractivity contribution is -0.148. The molecule has 1 aliphatic rings. The maximum absolute atomic E-state index is 13.2. The fraction of sp³-hybridized carbons (Fsp3) is 0.250. The van der Waals surface area contributed by atoms with Gasteiger partial charge in [-0.3, -0.25) is 14.5 Å². The number of aromatic nitrogens is 1. The second-order valence-corrected chi connectivity index (χ2v) is 7.38. The monoisotopic (exact) mass is 402 g/mol. The van der Waals surface area contributed by atoms with Gasteiger partial charge in [-0.1, -0.05) is 0 Å². The van der Waals surface area contributed by atoms with Gasteiger partial charge in [-0.05, 0) is 74.5 Å². The summed E-state index contributed by atoms with van der Waals surface area (Å²) in [5.74, 6) is -1.50. The average molecular weight is 402 g/mol. The second-order valence-electron chi connectivity index (χ2n) is 6.39. The number of hydrogen-bond donors (Lipinski definition) is 0. The van der Waals surface area contributed by atoms with Crippen molar-refractivity contribution in [1.29, 1.82) is 0 Å². The zero-order valence-electron chi connectivity index (χ0n) is 15.9. The molecule has 1 saturated heterocycles. The molecule has 2 amide bonds. The minimum absolute atomic E-state index is 0.236. The summed E-state index contributed by atoms with van der Waals surface area (Å²) in [5, 5.41) is -0.513. The van der Waals surface area contributed by atoms with E-state index in [1.54, 1.807) is 18.2 Å². The van der Waals surface area contributed by atoms with Crippen LogP contribution in [-0.4, -0.2) is 39.7 Å². The van der Waals surface area contributed by atoms with Crippen molar-refractivity contribution in [1.82, 2.24) is 9.47 Å². The highest BCUT2D eigenvalue weighted by molar-refractivity contribution is 8.18. The first-order valence-electron chi connectivity index (χ1n) is 8.54. The molecule has 146 valence electrons. The number of aryl methyl sites for hydroxylation is 1. The molecule has 28 heavy (non-hydrogen) atoms. The van der Waals surface area contributed by atoms with Crippen LogP contribution in [0.25, 0.3) is 11.8 Å². The van der Waals surface area contributed by atoms with Gasteiger partial charge in [0.1, 0.15) is 11.9 Å². The molecule has 1 aromatic carbocycles. The van der Waals surface area contributed by atoms with Gasteiger partial charge in [0.05, 0.1) is 12.0 Å². The number of hydrogen-bond acceptors (Lipinski definition) is 5. The van der Waals surface area contributed by atoms with Crippen LogP contribution in [0.1, 0.15) is 23.9 Å². The van der Waals surface area contributed by atoms with Crippen molar-refractivity contribution in [3.05, 3.63) is 58.0 Å². The highest BCUT2D eigenvalue weighted by atomic mass is 32.2. The van der Waals surface area contributed by atoms with E-state index in [1.165, 1.54) is 26.2 Å². The lowest BCUT2D eigenvalue weighted by atomic mass is 10.2. The van der Waals surface area contributed by atoms with Crippen molar-refractivity contribution in [3.63, 3.8) is 0 Å². The van der Waals surface area contributed by atoms with Gasteiger partial charge in [0.25, 0.3) is 11.1 Å². The minimum Gasteiger partial charge on any atom is -0.467 e. The van der Waals surface area contributed by atoms with Gasteiger partial charge in [0.15, 0.2) is 0 Å². The normalized spacial score (nSPS) is 16.8. The van der Waals surface area contributed by atoms with Crippen LogP contribution in [0.4, 0.5) is 9.18 Å². The van der Waals surface area contributed by atoms with Gasteiger partial charge in [-0.15, -0.1) is 0 Å². The molecule has 3 rings (SSSR count). The van der Waals surface area contributed by atoms with Crippen LogP contribution < -0.4 is 0 Å². The smallest absolute Gasteiger partial charge is 0.328 e. The largest absolute Gasteiger partial charge is 0.467 e. The summed E-state index contributed by atoms with van der Waals surface area (Å²) in [7, 11) is 1.21. The molecule has 6 nitrogen and oxygen atoms in total. The molecule has 1 fully saturated rings. The third-order valence-corrected chi connectivity index (χ3v) is 5.48. The van der Waals surface area contributed by atoms with Crippen LogP contribution in [0.5, 0.6) is 0 Å². The highest BCUT2D eigenvalue weighted by Crippen LogP contribution is 2.35. The first kappa shape index (κ1) is 19.9. The fourth-order valence-electron chi connectivity index (χ4n) is 3.15. The Morgan fingerprint density at radius 2 is 1.86 bits per heavy atom. The van der Waals surface area contributed by atoms with Crippen LogP contribution in [0.2, 0.25) is 0 Å². The van der Waals surface area contributed by atoms with E-state index in [0.29, 0.717) is 0 Å². The summed E-state index contributed by atoms with van der Waals surface area (Å²) in [6.45, 7) is 5.23. The number of rotatable bonds is 4. The quantitative estimate of drug-likeness (QED) is 0.574. The van der Waals surface area contributed by atoms with Crippen LogP contribution in [0, 0.1) is 19.7 Å². The molecule has 0 bridgehead atoms. The molecular weight excluding hydrogens is 383 g/mol. The molecule has 0 N–H and O–H groups in total. The summed E-state index contributed by atoms with van der Waals surface area (Å²) in [6, 6.07) is 7.00. The number of benzene rings is 1. The standard InChI is InChI=1S/C20H19FN2O4S/c1-11-9-14(12(2)22(11)16-7-5-15(21)6-8-16)10-17-18(24)23(20(26)28-17)13(3)19(25)27-4/h5-10,13H,1-4H3. The lowest BCUT2D eigenvalue weighted by Crippen LogP contribution is -2.42. The molecule has 2 heterocycles. The molecule has 0 spiro atoms. The van der Waals surface area contributed by atoms with Gasteiger partial charge >= 0.3 is 5.97 Å². The molecule has 1 unspecified atom stereocenters. The number of imide groups is 1. The van der Waals surface area contributed by atoms with E-state index in [4.69, 9.17) is 0 Å². The van der Waals surface area contributed by atoms with E-state index < -0.39 is 23.2 Å². The van der Waals surface area contributed by atoms with E-state index in [1.807, 2.05) is 24.5 Å². The van der Waals surface area contributed by atoms with Crippen LogP contribution in [0.15, 0.2) is 35.2 Å². The third-order valence-electron chi connectivity index (χ3n) is 4.59. The van der Waals surface area contributed by atoms with Crippen LogP contribution in [-0.2, 0) is 14.3 Å². The highest BCUT2D eigenvalue weighted by Gasteiger charge is 2.41. The molecule has 8 heteroatoms. The Bertz CT molecular complexity index is 994. The second kappa shape index (κ2) is 7.63. The Labute approximate surface area is 166 Å². The van der Waals surface area contributed by atoms with E-state index >= 15 is 0 Å². The van der Waals surface area contributed by atoms with Crippen molar-refractivity contribution in [2.45, 2.75) is 26.8 Å². The summed E-state index contributed by atoms with van der Waals surface area (Å²) in [6.07, 6.45) is 1.64. The molecule has 2 aromatic rings. The number of esters is 1. The lowest BCUT2D eigenvalue weighted by Gasteiger charge is -2.18. The Hall–Kier alpha value is -2.87. The van der Waals surface area contributed by atoms with Crippen molar-refractivity contribution >= 4 is 35.0 Å². The molecule has 0 radical (unpaired) electrons. The number of nitrogens with zero attached hydrogens (tertiary/aromatic N) is 2. The SMILES string of the molecule is COC(=O)C(C)N1C(=O)SC(=Cc2cc(C)n(-c3ccc(F)cc3)c2C)C1=O. The number of carbonyl (C=O) groups is 3. The van der Waals surface area contributed by atoms with E-state index in [2.05, 4.69) is 4.74 Å². The summed E-state index contributed by atoms with van der Waals surface area (Å²) >= 11 is 0.786. The van der Waals surface area contributed by atoms with Gasteiger partial charge in [-0.25, -0.2) is 9.18 Å². The Morgan fingerprint density at radius 1 is 1.21 bits per heavy atom. The van der Waals surface area contributed by atoms with Gasteiger partial charge in [0, 0.05) is 17.1 Å². The number of methoxy groups -OCH3 is 1. The maximum atomic E-state index is 13.2. The van der Waals surface area contributed by atoms with Gasteiger partial charge in [-0.2, -0.15) is 0 Å². The number of halogens is 1. The molecule has 1 atom stereocenters. The molecule has 0 aliphatic carbocycles. The summed E-state index contributed by atoms with van der Waals surface area (Å²) in [5.41, 5.74) is 3.30. The zero-order valence-corrected chi connectivity index (χ0v) is 16.7. The number of carbonyl (C=O) groups excluding carboxylic acids is 3. The number of ether oxygens (including phenoxy) is 1. The van der Waals surface area contributed by atoms with E-state index in [-0.39, 0.29) is 10.7 Å². The minimum atomic E-state index is -0.991. The van der Waals surface area contributed by atoms with Crippen molar-refractivity contribution in [2.75, 3.05) is 7.11 Å². The average Bonchev–Trinajstić information content (AvgIpc) is 3.10. The zero-order chi connectivity index (χ0) is 20.6. The predicted molar refractivity (Wildman–Crippen MR) is 104 cm³/mol. The molecule has 0 saturated carbocycles. The first-order chi connectivity index (χ1) is 13.2. The van der Waals surface area contributed by atoms with Crippen molar-refractivity contribution in [2.24, 2.45) is 0 Å². The topological polar surface area (TPSA) is 68.6 Å². The van der Waals surface area contributed by atoms with Crippen LogP contribution >= 0.6 is 11.8 Å². The van der Waals surface area contributed by atoms with Crippen molar-refractivity contribution in [3.8, 4) is 5.69 Å². The fourth-order valence-corrected chi connectivity index (χ4v) is 4.05. The molecule has 1 aromatic heterocycles. The number of thioether (sulfide) groups is 1. The third kappa shape index (κ3) is 3.47. The predicted octanol–water partition coefficient (Wildman–Crippen LogP) is 3.83. The Balaban J connectivity index is 1.95. The maximum Gasteiger partial charge on any atom is 0.328 e. The summed E-state index contributed by atoms with van der Waals surface area (Å²) in [4.78, 5) is 37.7. The van der Waals surface area contributed by atoms with E-state index in [9.17, 15) is 18.8 Å². The molecular formula is C20H19FN2O4S. The Morgan fingerprint density at radius 3 is 2.46 bits per heavy atom. The summed E-state index contributed by atoms with van der Waals surface area (Å²) < 4.78 is 19.8. The molecule has 1 aliphatic heterocycles. The Kier molecular flexibility index (Phi) is 5.42. The van der Waals surface area contributed by atoms with Crippen molar-refractivity contribution < 1.29 is 23.5 Å². The van der Waals surface area contributed by atoms with Crippen LogP contribution in [0.3, 0.4) is 0 Å². The van der Waals surface area contributed by atoms with E-state index in [0.717, 1.165) is 39.3 Å².